The zero-order valence-corrected chi connectivity index (χ0v) is 6.94. The Hall–Kier alpha value is 0.660. The first-order valence-electron chi connectivity index (χ1n) is 2.51. The maximum atomic E-state index is 7.03. The molecule has 3 heteroatoms. The zero-order valence-electron chi connectivity index (χ0n) is 5.31. The predicted molar refractivity (Wildman–Crippen MR) is 43.6 cm³/mol. The average Bonchev–Trinajstić information content (AvgIpc) is 1.83. The minimum absolute atomic E-state index is 0.546. The Bertz CT molecular complexity index is 45.7. The van der Waals surface area contributed by atoms with Crippen molar-refractivity contribution >= 4 is 23.5 Å². The molecule has 1 N–H and O–H groups in total. The quantitative estimate of drug-likeness (QED) is 0.604. The Morgan fingerprint density at radius 2 is 2.12 bits per heavy atom. The van der Waals surface area contributed by atoms with Crippen LogP contribution in [0.15, 0.2) is 0 Å². The molecule has 1 atom stereocenters. The van der Waals surface area contributed by atoms with Gasteiger partial charge in [0.1, 0.15) is 0 Å². The predicted octanol–water partition coefficient (Wildman–Crippen LogP) is 1.36. The summed E-state index contributed by atoms with van der Waals surface area (Å²) >= 11 is 3.60. The molecule has 0 bridgehead atoms. The molecular formula is C5H12NS2. The third kappa shape index (κ3) is 3.64. The summed E-state index contributed by atoms with van der Waals surface area (Å²) in [6, 6.07) is 0. The summed E-state index contributed by atoms with van der Waals surface area (Å²) in [6.45, 7) is 0.558. The van der Waals surface area contributed by atoms with Crippen LogP contribution in [0.2, 0.25) is 0 Å². The van der Waals surface area contributed by atoms with E-state index in [1.165, 1.54) is 0 Å². The van der Waals surface area contributed by atoms with Gasteiger partial charge in [0.15, 0.2) is 0 Å². The number of thioether (sulfide) groups is 2. The lowest BCUT2D eigenvalue weighted by molar-refractivity contribution is 0.939. The molecule has 0 spiro atoms. The number of hydrogen-bond donors (Lipinski definition) is 0. The summed E-state index contributed by atoms with van der Waals surface area (Å²) in [6.07, 6.45) is 4.15. The fourth-order valence-electron chi connectivity index (χ4n) is 0.396. The van der Waals surface area contributed by atoms with Gasteiger partial charge < -0.3 is 0 Å². The van der Waals surface area contributed by atoms with Gasteiger partial charge in [-0.05, 0) is 12.5 Å². The van der Waals surface area contributed by atoms with Gasteiger partial charge in [-0.25, -0.2) is 0 Å². The Balaban J connectivity index is 3.07. The number of hydrogen-bond acceptors (Lipinski definition) is 2. The molecule has 0 aromatic rings. The van der Waals surface area contributed by atoms with Crippen molar-refractivity contribution in [1.29, 1.82) is 0 Å². The number of nitrogens with one attached hydrogen (secondary N) is 1. The van der Waals surface area contributed by atoms with Crippen LogP contribution in [0.25, 0.3) is 0 Å². The molecule has 0 aromatic carbocycles. The molecule has 0 rings (SSSR count). The molecule has 0 aliphatic carbocycles. The highest BCUT2D eigenvalue weighted by Gasteiger charge is 2.00. The fourth-order valence-corrected chi connectivity index (χ4v) is 2.01. The molecular weight excluding hydrogens is 138 g/mol. The number of rotatable bonds is 4. The highest BCUT2D eigenvalue weighted by atomic mass is 32.2. The van der Waals surface area contributed by atoms with E-state index in [1.54, 1.807) is 11.8 Å². The monoisotopic (exact) mass is 150 g/mol. The molecule has 0 saturated heterocycles. The molecule has 8 heavy (non-hydrogen) atoms. The van der Waals surface area contributed by atoms with Gasteiger partial charge in [0.25, 0.3) is 0 Å². The smallest absolute Gasteiger partial charge is 0.0274 e. The van der Waals surface area contributed by atoms with E-state index in [0.29, 0.717) is 11.8 Å². The minimum atomic E-state index is 0.546. The first kappa shape index (κ1) is 8.66. The molecule has 1 radical (unpaired) electrons. The molecule has 0 aliphatic rings. The van der Waals surface area contributed by atoms with Crippen LogP contribution in [0.4, 0.5) is 0 Å². The van der Waals surface area contributed by atoms with Gasteiger partial charge >= 0.3 is 0 Å². The first-order valence-corrected chi connectivity index (χ1v) is 5.19. The van der Waals surface area contributed by atoms with E-state index >= 15 is 0 Å². The van der Waals surface area contributed by atoms with Crippen LogP contribution < -0.4 is 5.73 Å². The van der Waals surface area contributed by atoms with Crippen LogP contribution in [0.1, 0.15) is 0 Å². The van der Waals surface area contributed by atoms with Gasteiger partial charge in [0.05, 0.1) is 0 Å². The van der Waals surface area contributed by atoms with E-state index in [2.05, 4.69) is 12.5 Å². The maximum absolute atomic E-state index is 7.03. The Morgan fingerprint density at radius 3 is 2.25 bits per heavy atom. The van der Waals surface area contributed by atoms with Crippen molar-refractivity contribution < 1.29 is 0 Å². The Morgan fingerprint density at radius 1 is 1.50 bits per heavy atom. The highest BCUT2D eigenvalue weighted by Crippen LogP contribution is 2.09. The van der Waals surface area contributed by atoms with Crippen molar-refractivity contribution in [2.75, 3.05) is 24.8 Å². The van der Waals surface area contributed by atoms with E-state index in [1.807, 2.05) is 11.8 Å². The van der Waals surface area contributed by atoms with E-state index in [-0.39, 0.29) is 0 Å². The van der Waals surface area contributed by atoms with Gasteiger partial charge in [-0.1, -0.05) is 0 Å². The minimum Gasteiger partial charge on any atom is -0.257 e. The topological polar surface area (TPSA) is 23.8 Å². The highest BCUT2D eigenvalue weighted by molar-refractivity contribution is 8.02. The van der Waals surface area contributed by atoms with Gasteiger partial charge in [0.2, 0.25) is 0 Å². The van der Waals surface area contributed by atoms with Crippen LogP contribution >= 0.6 is 23.5 Å². The summed E-state index contributed by atoms with van der Waals surface area (Å²) in [5.41, 5.74) is 7.03. The van der Waals surface area contributed by atoms with Crippen molar-refractivity contribution in [3.05, 3.63) is 0 Å². The van der Waals surface area contributed by atoms with E-state index in [9.17, 15) is 0 Å². The standard InChI is InChI=1S/C5H12NS2/c1-7-4-5(3-6)8-2/h5-6H,3-4H2,1-2H3. The van der Waals surface area contributed by atoms with E-state index < -0.39 is 0 Å². The van der Waals surface area contributed by atoms with Crippen LogP contribution in [0.3, 0.4) is 0 Å². The lowest BCUT2D eigenvalue weighted by Crippen LogP contribution is -2.11. The Labute approximate surface area is 59.8 Å². The van der Waals surface area contributed by atoms with Crippen molar-refractivity contribution in [2.24, 2.45) is 0 Å². The van der Waals surface area contributed by atoms with E-state index in [4.69, 9.17) is 5.73 Å². The Kier molecular flexibility index (Phi) is 6.27. The molecule has 1 unspecified atom stereocenters. The van der Waals surface area contributed by atoms with Crippen LogP contribution in [0.5, 0.6) is 0 Å². The van der Waals surface area contributed by atoms with Crippen molar-refractivity contribution in [3.63, 3.8) is 0 Å². The molecule has 0 aromatic heterocycles. The van der Waals surface area contributed by atoms with E-state index in [0.717, 1.165) is 5.75 Å². The van der Waals surface area contributed by atoms with Gasteiger partial charge in [0, 0.05) is 17.5 Å². The lowest BCUT2D eigenvalue weighted by Gasteiger charge is -2.06. The summed E-state index contributed by atoms with van der Waals surface area (Å²) in [5, 5.41) is 0.546. The van der Waals surface area contributed by atoms with Gasteiger partial charge in [-0.3, -0.25) is 5.73 Å². The molecule has 0 amide bonds. The van der Waals surface area contributed by atoms with Crippen LogP contribution in [-0.4, -0.2) is 30.1 Å². The third-order valence-electron chi connectivity index (χ3n) is 0.914. The molecule has 0 saturated carbocycles. The lowest BCUT2D eigenvalue weighted by atomic mass is 10.5. The molecule has 0 fully saturated rings. The summed E-state index contributed by atoms with van der Waals surface area (Å²) in [5.74, 6) is 1.12. The summed E-state index contributed by atoms with van der Waals surface area (Å²) in [4.78, 5) is 0. The third-order valence-corrected chi connectivity index (χ3v) is 2.86. The van der Waals surface area contributed by atoms with Crippen molar-refractivity contribution in [3.8, 4) is 0 Å². The second-order valence-corrected chi connectivity index (χ2v) is 3.57. The summed E-state index contributed by atoms with van der Waals surface area (Å²) < 4.78 is 0. The second-order valence-electron chi connectivity index (χ2n) is 1.52. The SMILES string of the molecule is CSCC(C[NH])SC. The second kappa shape index (κ2) is 5.79. The zero-order chi connectivity index (χ0) is 6.41. The van der Waals surface area contributed by atoms with Gasteiger partial charge in [-0.15, -0.1) is 0 Å². The maximum Gasteiger partial charge on any atom is 0.0274 e. The largest absolute Gasteiger partial charge is 0.257 e. The van der Waals surface area contributed by atoms with Crippen LogP contribution in [0, 0.1) is 0 Å². The average molecular weight is 150 g/mol. The van der Waals surface area contributed by atoms with Crippen molar-refractivity contribution in [1.82, 2.24) is 5.73 Å². The molecule has 49 valence electrons. The van der Waals surface area contributed by atoms with Crippen molar-refractivity contribution in [2.45, 2.75) is 5.25 Å². The van der Waals surface area contributed by atoms with Gasteiger partial charge in [-0.2, -0.15) is 23.5 Å². The normalized spacial score (nSPS) is 13.9. The first-order chi connectivity index (χ1) is 3.85. The summed E-state index contributed by atoms with van der Waals surface area (Å²) in [7, 11) is 0. The molecule has 0 heterocycles. The molecule has 1 nitrogen and oxygen atoms in total. The fraction of sp³-hybridized carbons (Fsp3) is 1.00. The molecule has 0 aliphatic heterocycles. The van der Waals surface area contributed by atoms with Crippen LogP contribution in [-0.2, 0) is 0 Å².